The Balaban J connectivity index is 2.45. The molecule has 0 aliphatic rings. The first-order valence-electron chi connectivity index (χ1n) is 3.12. The number of nitrogens with zero attached hydrogens (tertiary/aromatic N) is 4. The summed E-state index contributed by atoms with van der Waals surface area (Å²) in [5, 5.41) is 14.7. The summed E-state index contributed by atoms with van der Waals surface area (Å²) in [6.45, 7) is 0. The maximum atomic E-state index is 5.10. The van der Waals surface area contributed by atoms with E-state index in [0.717, 1.165) is 5.56 Å². The molecule has 2 aromatic rings. The van der Waals surface area contributed by atoms with Crippen LogP contribution in [0, 0.1) is 0 Å². The van der Waals surface area contributed by atoms with Crippen LogP contribution in [0.1, 0.15) is 0 Å². The second kappa shape index (κ2) is 2.98. The van der Waals surface area contributed by atoms with Crippen molar-refractivity contribution in [3.05, 3.63) is 23.3 Å². The molecule has 0 radical (unpaired) electrons. The third kappa shape index (κ3) is 1.33. The topological polar surface area (TPSA) is 64.7 Å². The van der Waals surface area contributed by atoms with E-state index >= 15 is 0 Å². The summed E-state index contributed by atoms with van der Waals surface area (Å²) in [5.41, 5.74) is 0.753. The summed E-state index contributed by atoms with van der Waals surface area (Å²) in [6, 6.07) is 1.74. The van der Waals surface area contributed by atoms with Gasteiger partial charge in [-0.1, -0.05) is 0 Å². The van der Waals surface area contributed by atoms with Gasteiger partial charge in [0, 0.05) is 15.9 Å². The first kappa shape index (κ1) is 7.35. The summed E-state index contributed by atoms with van der Waals surface area (Å²) < 4.78 is 5.10. The highest BCUT2D eigenvalue weighted by molar-refractivity contribution is 9.10. The molecule has 0 aromatic carbocycles. The van der Waals surface area contributed by atoms with Crippen LogP contribution in [0.5, 0.6) is 0 Å². The molecule has 0 fully saturated rings. The molecule has 0 saturated carbocycles. The summed E-state index contributed by atoms with van der Waals surface area (Å²) in [4.78, 5) is 0.356. The van der Waals surface area contributed by atoms with E-state index in [4.69, 9.17) is 4.42 Å². The second-order valence-corrected chi connectivity index (χ2v) is 2.67. The van der Waals surface area contributed by atoms with E-state index in [0.29, 0.717) is 10.7 Å². The van der Waals surface area contributed by atoms with Gasteiger partial charge in [-0.2, -0.15) is 10.2 Å². The van der Waals surface area contributed by atoms with Gasteiger partial charge in [0.1, 0.15) is 0 Å². The molecule has 0 atom stereocenters. The Kier molecular flexibility index (Phi) is 1.83. The molecule has 2 heterocycles. The highest BCUT2D eigenvalue weighted by Crippen LogP contribution is 2.17. The largest absolute Gasteiger partial charge is 0.411 e. The van der Waals surface area contributed by atoms with Crippen LogP contribution >= 0.6 is 15.9 Å². The highest BCUT2D eigenvalue weighted by atomic mass is 79.9. The minimum absolute atomic E-state index is 0.356. The lowest BCUT2D eigenvalue weighted by molar-refractivity contribution is 0.540. The fourth-order valence-corrected chi connectivity index (χ4v) is 0.972. The average molecular weight is 227 g/mol. The lowest BCUT2D eigenvalue weighted by atomic mass is 10.3. The minimum atomic E-state index is 0.356. The fraction of sp³-hybridized carbons (Fsp3) is 0. The zero-order chi connectivity index (χ0) is 8.39. The molecule has 12 heavy (non-hydrogen) atoms. The first-order valence-corrected chi connectivity index (χ1v) is 3.91. The molecule has 2 rings (SSSR count). The van der Waals surface area contributed by atoms with Crippen LogP contribution < -0.4 is 0 Å². The van der Waals surface area contributed by atoms with Crippen LogP contribution in [0.2, 0.25) is 0 Å². The van der Waals surface area contributed by atoms with Gasteiger partial charge in [0.2, 0.25) is 5.89 Å². The predicted molar refractivity (Wildman–Crippen MR) is 43.0 cm³/mol. The molecule has 2 aromatic heterocycles. The quantitative estimate of drug-likeness (QED) is 0.734. The monoisotopic (exact) mass is 226 g/mol. The summed E-state index contributed by atoms with van der Waals surface area (Å²) >= 11 is 3.05. The van der Waals surface area contributed by atoms with E-state index in [2.05, 4.69) is 36.3 Å². The van der Waals surface area contributed by atoms with Crippen LogP contribution in [0.3, 0.4) is 0 Å². The van der Waals surface area contributed by atoms with E-state index in [-0.39, 0.29) is 0 Å². The molecular formula is C6H3BrN4O. The Hall–Kier alpha value is -1.30. The van der Waals surface area contributed by atoms with Crippen LogP contribution in [0.15, 0.2) is 27.7 Å². The molecule has 5 nitrogen and oxygen atoms in total. The van der Waals surface area contributed by atoms with Gasteiger partial charge in [0.15, 0.2) is 0 Å². The van der Waals surface area contributed by atoms with Gasteiger partial charge < -0.3 is 4.42 Å². The van der Waals surface area contributed by atoms with E-state index in [1.165, 1.54) is 0 Å². The van der Waals surface area contributed by atoms with Crippen molar-refractivity contribution in [3.8, 4) is 11.5 Å². The fourth-order valence-electron chi connectivity index (χ4n) is 0.739. The Morgan fingerprint density at radius 3 is 2.75 bits per heavy atom. The van der Waals surface area contributed by atoms with Crippen molar-refractivity contribution < 1.29 is 4.42 Å². The molecule has 0 bridgehead atoms. The van der Waals surface area contributed by atoms with E-state index < -0.39 is 0 Å². The average Bonchev–Trinajstić information content (AvgIpc) is 2.54. The lowest BCUT2D eigenvalue weighted by Crippen LogP contribution is -1.81. The zero-order valence-electron chi connectivity index (χ0n) is 5.81. The molecule has 60 valence electrons. The number of aromatic nitrogens is 4. The molecule has 0 aliphatic heterocycles. The number of halogens is 1. The molecule has 0 N–H and O–H groups in total. The molecule has 0 unspecified atom stereocenters. The van der Waals surface area contributed by atoms with Crippen LogP contribution in [0.25, 0.3) is 11.5 Å². The summed E-state index contributed by atoms with van der Waals surface area (Å²) in [6.07, 6.45) is 3.12. The van der Waals surface area contributed by atoms with Gasteiger partial charge in [0.25, 0.3) is 4.80 Å². The number of hydrogen-bond donors (Lipinski definition) is 0. The van der Waals surface area contributed by atoms with Gasteiger partial charge in [-0.05, 0) is 6.07 Å². The summed E-state index contributed by atoms with van der Waals surface area (Å²) in [7, 11) is 0. The maximum absolute atomic E-state index is 5.10. The normalized spacial score (nSPS) is 10.1. The van der Waals surface area contributed by atoms with Crippen molar-refractivity contribution in [2.45, 2.75) is 0 Å². The van der Waals surface area contributed by atoms with Crippen LogP contribution in [-0.2, 0) is 0 Å². The molecule has 0 amide bonds. The van der Waals surface area contributed by atoms with Crippen molar-refractivity contribution in [3.63, 3.8) is 0 Å². The van der Waals surface area contributed by atoms with Crippen LogP contribution in [0.4, 0.5) is 0 Å². The van der Waals surface area contributed by atoms with Crippen molar-refractivity contribution in [2.24, 2.45) is 0 Å². The highest BCUT2D eigenvalue weighted by Gasteiger charge is 2.05. The molecule has 0 spiro atoms. The molecule has 0 saturated heterocycles. The molecule has 6 heteroatoms. The van der Waals surface area contributed by atoms with Gasteiger partial charge in [0.05, 0.1) is 18.0 Å². The maximum Gasteiger partial charge on any atom is 0.285 e. The van der Waals surface area contributed by atoms with E-state index in [1.807, 2.05) is 0 Å². The standard InChI is InChI=1S/C6H3BrN4O/c7-6-11-10-5(12-6)4-1-2-8-9-3-4/h1-3H. The number of hydrogen-bond acceptors (Lipinski definition) is 5. The predicted octanol–water partition coefficient (Wildman–Crippen LogP) is 1.29. The van der Waals surface area contributed by atoms with Crippen LogP contribution in [-0.4, -0.2) is 20.4 Å². The van der Waals surface area contributed by atoms with E-state index in [9.17, 15) is 0 Å². The van der Waals surface area contributed by atoms with Gasteiger partial charge >= 0.3 is 0 Å². The van der Waals surface area contributed by atoms with Gasteiger partial charge in [-0.25, -0.2) is 0 Å². The third-order valence-electron chi connectivity index (χ3n) is 1.23. The third-order valence-corrected chi connectivity index (χ3v) is 1.55. The minimum Gasteiger partial charge on any atom is -0.411 e. The van der Waals surface area contributed by atoms with E-state index in [1.54, 1.807) is 18.5 Å². The Morgan fingerprint density at radius 2 is 2.17 bits per heavy atom. The van der Waals surface area contributed by atoms with Crippen molar-refractivity contribution in [1.29, 1.82) is 0 Å². The molecule has 0 aliphatic carbocycles. The lowest BCUT2D eigenvalue weighted by Gasteiger charge is -1.88. The van der Waals surface area contributed by atoms with Gasteiger partial charge in [-0.15, -0.1) is 10.2 Å². The SMILES string of the molecule is Brc1nnc(-c2ccnnc2)o1. The summed E-state index contributed by atoms with van der Waals surface area (Å²) in [5.74, 6) is 0.428. The van der Waals surface area contributed by atoms with Gasteiger partial charge in [-0.3, -0.25) is 0 Å². The Bertz CT molecular complexity index is 374. The smallest absolute Gasteiger partial charge is 0.285 e. The second-order valence-electron chi connectivity index (χ2n) is 1.99. The Labute approximate surface area is 76.0 Å². The number of rotatable bonds is 1. The molecular weight excluding hydrogens is 224 g/mol. The van der Waals surface area contributed by atoms with Crippen molar-refractivity contribution in [1.82, 2.24) is 20.4 Å². The zero-order valence-corrected chi connectivity index (χ0v) is 7.39. The Morgan fingerprint density at radius 1 is 1.25 bits per heavy atom. The van der Waals surface area contributed by atoms with Crippen molar-refractivity contribution >= 4 is 15.9 Å². The first-order chi connectivity index (χ1) is 5.86. The van der Waals surface area contributed by atoms with Crippen molar-refractivity contribution in [2.75, 3.05) is 0 Å².